The summed E-state index contributed by atoms with van der Waals surface area (Å²) in [4.78, 5) is 32.8. The summed E-state index contributed by atoms with van der Waals surface area (Å²) in [6.07, 6.45) is 3.43. The molecular weight excluding hydrogens is 544 g/mol. The van der Waals surface area contributed by atoms with Crippen molar-refractivity contribution in [3.05, 3.63) is 84.5 Å². The van der Waals surface area contributed by atoms with Crippen molar-refractivity contribution in [3.8, 4) is 17.2 Å². The van der Waals surface area contributed by atoms with Crippen LogP contribution in [0.2, 0.25) is 0 Å². The molecule has 2 heterocycles. The lowest BCUT2D eigenvalue weighted by Gasteiger charge is -2.27. The molecule has 2 aromatic carbocycles. The van der Waals surface area contributed by atoms with Crippen LogP contribution in [0.4, 0.5) is 0 Å². The van der Waals surface area contributed by atoms with Crippen molar-refractivity contribution in [3.63, 3.8) is 0 Å². The van der Waals surface area contributed by atoms with Gasteiger partial charge in [-0.3, -0.25) is 9.36 Å². The van der Waals surface area contributed by atoms with E-state index in [4.69, 9.17) is 23.7 Å². The number of hydrogen-bond acceptors (Lipinski definition) is 9. The normalized spacial score (nSPS) is 14.9. The second kappa shape index (κ2) is 14.1. The molecule has 41 heavy (non-hydrogen) atoms. The van der Waals surface area contributed by atoms with Gasteiger partial charge in [0.25, 0.3) is 5.56 Å². The fraction of sp³-hybridized carbons (Fsp3) is 0.387. The molecule has 1 aromatic heterocycles. The second-order valence-electron chi connectivity index (χ2n) is 9.32. The van der Waals surface area contributed by atoms with Crippen molar-refractivity contribution in [2.45, 2.75) is 39.7 Å². The summed E-state index contributed by atoms with van der Waals surface area (Å²) in [6.45, 7) is 7.09. The molecule has 0 aliphatic carbocycles. The fourth-order valence-corrected chi connectivity index (χ4v) is 5.56. The molecule has 0 saturated heterocycles. The topological polar surface area (TPSA) is 97.6 Å². The number of ether oxygens (including phenoxy) is 5. The van der Waals surface area contributed by atoms with E-state index in [0.29, 0.717) is 51.1 Å². The molecule has 9 nitrogen and oxygen atoms in total. The first-order chi connectivity index (χ1) is 19.9. The lowest BCUT2D eigenvalue weighted by atomic mass is 9.94. The van der Waals surface area contributed by atoms with E-state index in [1.54, 1.807) is 24.7 Å². The van der Waals surface area contributed by atoms with Crippen LogP contribution in [0.15, 0.2) is 63.5 Å². The molecule has 0 spiro atoms. The maximum Gasteiger partial charge on any atom is 0.338 e. The smallest absolute Gasteiger partial charge is 0.338 e. The third-order valence-corrected chi connectivity index (χ3v) is 7.39. The Bertz CT molecular complexity index is 1590. The number of thiazole rings is 1. The fourth-order valence-electron chi connectivity index (χ4n) is 4.52. The first-order valence-corrected chi connectivity index (χ1v) is 14.5. The van der Waals surface area contributed by atoms with Crippen LogP contribution in [0.1, 0.15) is 50.8 Å². The Morgan fingerprint density at radius 1 is 0.976 bits per heavy atom. The van der Waals surface area contributed by atoms with E-state index in [-0.39, 0.29) is 24.3 Å². The van der Waals surface area contributed by atoms with Gasteiger partial charge in [-0.25, -0.2) is 9.79 Å². The predicted molar refractivity (Wildman–Crippen MR) is 158 cm³/mol. The number of esters is 1. The van der Waals surface area contributed by atoms with Crippen molar-refractivity contribution in [2.24, 2.45) is 4.99 Å². The van der Waals surface area contributed by atoms with Crippen molar-refractivity contribution in [1.82, 2.24) is 4.57 Å². The molecule has 0 bridgehead atoms. The van der Waals surface area contributed by atoms with Crippen LogP contribution in [0.5, 0.6) is 17.2 Å². The summed E-state index contributed by atoms with van der Waals surface area (Å²) < 4.78 is 30.3. The van der Waals surface area contributed by atoms with E-state index in [9.17, 15) is 9.59 Å². The third-order valence-electron chi connectivity index (χ3n) is 6.40. The minimum atomic E-state index is -0.850. The highest BCUT2D eigenvalue weighted by atomic mass is 32.1. The molecule has 10 heteroatoms. The SMILES string of the molecule is CCCOc1ccccc1/C=c1/sc2n(c1=O)[C@H](c1cccc(OC)c1OCCC)C(C(=O)OCCOC)=C(C)N=2. The molecule has 1 aliphatic rings. The average Bonchev–Trinajstić information content (AvgIpc) is 3.28. The summed E-state index contributed by atoms with van der Waals surface area (Å²) >= 11 is 1.25. The lowest BCUT2D eigenvalue weighted by Crippen LogP contribution is -2.40. The lowest BCUT2D eigenvalue weighted by molar-refractivity contribution is -0.140. The quantitative estimate of drug-likeness (QED) is 0.223. The van der Waals surface area contributed by atoms with Gasteiger partial charge < -0.3 is 23.7 Å². The first-order valence-electron chi connectivity index (χ1n) is 13.6. The van der Waals surface area contributed by atoms with Gasteiger partial charge >= 0.3 is 5.97 Å². The van der Waals surface area contributed by atoms with Crippen molar-refractivity contribution in [2.75, 3.05) is 40.6 Å². The van der Waals surface area contributed by atoms with Crippen molar-refractivity contribution >= 4 is 23.4 Å². The zero-order valence-corrected chi connectivity index (χ0v) is 24.9. The number of carbonyl (C=O) groups excluding carboxylic acids is 1. The number of benzene rings is 2. The van der Waals surface area contributed by atoms with Crippen LogP contribution >= 0.6 is 11.3 Å². The van der Waals surface area contributed by atoms with E-state index in [1.807, 2.05) is 56.3 Å². The summed E-state index contributed by atoms with van der Waals surface area (Å²) in [6, 6.07) is 12.2. The number of hydrogen-bond donors (Lipinski definition) is 0. The predicted octanol–water partition coefficient (Wildman–Crippen LogP) is 4.01. The first kappa shape index (κ1) is 30.1. The summed E-state index contributed by atoms with van der Waals surface area (Å²) in [5.41, 5.74) is 1.81. The number of rotatable bonds is 13. The van der Waals surface area contributed by atoms with Gasteiger partial charge in [0, 0.05) is 18.2 Å². The second-order valence-corrected chi connectivity index (χ2v) is 10.3. The molecule has 0 amide bonds. The molecule has 0 saturated carbocycles. The van der Waals surface area contributed by atoms with Gasteiger partial charge in [-0.05, 0) is 38.0 Å². The van der Waals surface area contributed by atoms with Gasteiger partial charge in [0.15, 0.2) is 16.3 Å². The molecule has 1 aliphatic heterocycles. The minimum absolute atomic E-state index is 0.0646. The van der Waals surface area contributed by atoms with Crippen LogP contribution in [-0.4, -0.2) is 51.2 Å². The molecule has 1 atom stereocenters. The average molecular weight is 581 g/mol. The van der Waals surface area contributed by atoms with Gasteiger partial charge in [-0.1, -0.05) is 55.5 Å². The van der Waals surface area contributed by atoms with E-state index in [1.165, 1.54) is 18.4 Å². The number of nitrogens with zero attached hydrogens (tertiary/aromatic N) is 2. The molecule has 0 fully saturated rings. The Kier molecular flexibility index (Phi) is 10.4. The molecular formula is C31H36N2O7S. The van der Waals surface area contributed by atoms with E-state index in [0.717, 1.165) is 18.4 Å². The van der Waals surface area contributed by atoms with Crippen LogP contribution in [0, 0.1) is 0 Å². The molecule has 218 valence electrons. The van der Waals surface area contributed by atoms with E-state index < -0.39 is 12.0 Å². The number of aromatic nitrogens is 1. The maximum atomic E-state index is 14.1. The van der Waals surface area contributed by atoms with Gasteiger partial charge in [-0.15, -0.1) is 0 Å². The van der Waals surface area contributed by atoms with E-state index >= 15 is 0 Å². The number of allylic oxidation sites excluding steroid dienone is 1. The number of para-hydroxylation sites is 2. The Labute approximate surface area is 243 Å². The van der Waals surface area contributed by atoms with Crippen LogP contribution < -0.4 is 29.1 Å². The van der Waals surface area contributed by atoms with E-state index in [2.05, 4.69) is 4.99 Å². The zero-order valence-electron chi connectivity index (χ0n) is 24.1. The summed E-state index contributed by atoms with van der Waals surface area (Å²) in [5, 5.41) is 0. The monoisotopic (exact) mass is 580 g/mol. The van der Waals surface area contributed by atoms with Gasteiger partial charge in [0.2, 0.25) is 0 Å². The van der Waals surface area contributed by atoms with Crippen LogP contribution in [-0.2, 0) is 14.3 Å². The van der Waals surface area contributed by atoms with Gasteiger partial charge in [0.1, 0.15) is 18.4 Å². The van der Waals surface area contributed by atoms with Gasteiger partial charge in [-0.2, -0.15) is 0 Å². The highest BCUT2D eigenvalue weighted by molar-refractivity contribution is 7.07. The standard InChI is InChI=1S/C31H36N2O7S/c1-6-15-38-23-13-9-8-11-21(23)19-25-29(34)33-27(22-12-10-14-24(37-5)28(22)39-16-7-2)26(20(3)32-31(33)41-25)30(35)40-18-17-36-4/h8-14,19,27H,6-7,15-18H2,1-5H3/b25-19+/t27-/m1/s1. The Morgan fingerprint density at radius 3 is 2.44 bits per heavy atom. The molecule has 3 aromatic rings. The van der Waals surface area contributed by atoms with Crippen molar-refractivity contribution < 1.29 is 28.5 Å². The van der Waals surface area contributed by atoms with Crippen LogP contribution in [0.25, 0.3) is 6.08 Å². The number of carbonyl (C=O) groups is 1. The number of fused-ring (bicyclic) bond motifs is 1. The Hall–Kier alpha value is -3.89. The molecule has 4 rings (SSSR count). The molecule has 0 N–H and O–H groups in total. The highest BCUT2D eigenvalue weighted by Crippen LogP contribution is 2.40. The zero-order chi connectivity index (χ0) is 29.4. The van der Waals surface area contributed by atoms with Crippen molar-refractivity contribution in [1.29, 1.82) is 0 Å². The summed E-state index contributed by atoms with van der Waals surface area (Å²) in [7, 11) is 3.09. The Balaban J connectivity index is 1.95. The highest BCUT2D eigenvalue weighted by Gasteiger charge is 2.36. The third kappa shape index (κ3) is 6.55. The summed E-state index contributed by atoms with van der Waals surface area (Å²) in [5.74, 6) is 1.08. The van der Waals surface area contributed by atoms with Gasteiger partial charge in [0.05, 0.1) is 42.7 Å². The minimum Gasteiger partial charge on any atom is -0.493 e. The largest absolute Gasteiger partial charge is 0.493 e. The molecule has 0 unspecified atom stereocenters. The maximum absolute atomic E-state index is 14.1. The Morgan fingerprint density at radius 2 is 1.71 bits per heavy atom. The molecule has 0 radical (unpaired) electrons. The number of methoxy groups -OCH3 is 2. The van der Waals surface area contributed by atoms with Crippen LogP contribution in [0.3, 0.4) is 0 Å².